The van der Waals surface area contributed by atoms with E-state index in [2.05, 4.69) is 5.32 Å². The Bertz CT molecular complexity index is 1130. The van der Waals surface area contributed by atoms with E-state index >= 15 is 0 Å². The highest BCUT2D eigenvalue weighted by Crippen LogP contribution is 2.38. The number of methoxy groups -OCH3 is 2. The van der Waals surface area contributed by atoms with Gasteiger partial charge in [-0.25, -0.2) is 0 Å². The van der Waals surface area contributed by atoms with Crippen molar-refractivity contribution in [1.82, 2.24) is 10.2 Å². The number of ether oxygens (including phenoxy) is 2. The summed E-state index contributed by atoms with van der Waals surface area (Å²) < 4.78 is 11.3. The molecule has 1 N–H and O–H groups in total. The van der Waals surface area contributed by atoms with Crippen molar-refractivity contribution in [2.75, 3.05) is 14.2 Å². The predicted molar refractivity (Wildman–Crippen MR) is 142 cm³/mol. The van der Waals surface area contributed by atoms with Gasteiger partial charge in [-0.05, 0) is 35.9 Å². The van der Waals surface area contributed by atoms with Crippen LogP contribution in [0.25, 0.3) is 0 Å². The first-order valence-corrected chi connectivity index (χ1v) is 13.4. The monoisotopic (exact) mass is 506 g/mol. The highest BCUT2D eigenvalue weighted by molar-refractivity contribution is 7.10. The van der Waals surface area contributed by atoms with Crippen LogP contribution < -0.4 is 14.8 Å². The molecule has 0 spiro atoms. The maximum absolute atomic E-state index is 14.0. The van der Waals surface area contributed by atoms with Gasteiger partial charge in [0.05, 0.1) is 20.6 Å². The van der Waals surface area contributed by atoms with Gasteiger partial charge in [-0.2, -0.15) is 0 Å². The summed E-state index contributed by atoms with van der Waals surface area (Å²) in [5.41, 5.74) is 1.56. The first kappa shape index (κ1) is 25.8. The van der Waals surface area contributed by atoms with E-state index in [1.807, 2.05) is 60.0 Å². The highest BCUT2D eigenvalue weighted by Gasteiger charge is 2.35. The standard InChI is InChI=1S/C29H34N2O4S/c1-34-25-17-9-16-24(28(25)35-2)27(29(33)30-22-13-7-4-8-14-22)31(20-21-11-5-3-6-12-21)26(32)19-23-15-10-18-36-23/h3,5-6,9-12,15-18,22,27H,4,7-8,13-14,19-20H2,1-2H3,(H,30,33)/t27-/m0/s1. The minimum Gasteiger partial charge on any atom is -0.493 e. The molecule has 1 fully saturated rings. The molecule has 0 bridgehead atoms. The lowest BCUT2D eigenvalue weighted by Crippen LogP contribution is -2.47. The highest BCUT2D eigenvalue weighted by atomic mass is 32.1. The van der Waals surface area contributed by atoms with E-state index in [0.29, 0.717) is 23.6 Å². The molecular weight excluding hydrogens is 472 g/mol. The Labute approximate surface area is 217 Å². The molecule has 1 aliphatic carbocycles. The van der Waals surface area contributed by atoms with Crippen LogP contribution in [0.5, 0.6) is 11.5 Å². The zero-order valence-electron chi connectivity index (χ0n) is 20.9. The average Bonchev–Trinajstić information content (AvgIpc) is 3.42. The van der Waals surface area contributed by atoms with Crippen LogP contribution in [0.2, 0.25) is 0 Å². The maximum Gasteiger partial charge on any atom is 0.247 e. The molecule has 0 aliphatic heterocycles. The third-order valence-electron chi connectivity index (χ3n) is 6.66. The van der Waals surface area contributed by atoms with Crippen LogP contribution in [-0.4, -0.2) is 37.0 Å². The van der Waals surface area contributed by atoms with Gasteiger partial charge in [0.15, 0.2) is 11.5 Å². The summed E-state index contributed by atoms with van der Waals surface area (Å²) in [4.78, 5) is 30.5. The van der Waals surface area contributed by atoms with Gasteiger partial charge in [0, 0.05) is 23.0 Å². The molecule has 0 saturated heterocycles. The molecule has 1 aliphatic rings. The normalized spacial score (nSPS) is 14.6. The van der Waals surface area contributed by atoms with Gasteiger partial charge in [-0.1, -0.05) is 67.8 Å². The Morgan fingerprint density at radius 3 is 2.42 bits per heavy atom. The third-order valence-corrected chi connectivity index (χ3v) is 7.54. The summed E-state index contributed by atoms with van der Waals surface area (Å²) in [7, 11) is 3.13. The molecule has 2 amide bonds. The van der Waals surface area contributed by atoms with E-state index in [0.717, 1.165) is 36.1 Å². The van der Waals surface area contributed by atoms with E-state index in [-0.39, 0.29) is 24.3 Å². The van der Waals surface area contributed by atoms with Crippen molar-refractivity contribution in [2.24, 2.45) is 0 Å². The molecule has 6 nitrogen and oxygen atoms in total. The number of nitrogens with zero attached hydrogens (tertiary/aromatic N) is 1. The number of rotatable bonds is 10. The number of amides is 2. The summed E-state index contributed by atoms with van der Waals surface area (Å²) in [5, 5.41) is 5.22. The molecular formula is C29H34N2O4S. The number of benzene rings is 2. The molecule has 4 rings (SSSR count). The smallest absolute Gasteiger partial charge is 0.247 e. The first-order valence-electron chi connectivity index (χ1n) is 12.5. The minimum absolute atomic E-state index is 0.108. The topological polar surface area (TPSA) is 67.9 Å². The van der Waals surface area contributed by atoms with Crippen LogP contribution in [0.4, 0.5) is 0 Å². The molecule has 0 radical (unpaired) electrons. The van der Waals surface area contributed by atoms with E-state index in [4.69, 9.17) is 9.47 Å². The average molecular weight is 507 g/mol. The molecule has 1 atom stereocenters. The van der Waals surface area contributed by atoms with E-state index in [1.54, 1.807) is 36.5 Å². The molecule has 190 valence electrons. The van der Waals surface area contributed by atoms with E-state index < -0.39 is 6.04 Å². The third kappa shape index (κ3) is 6.26. The Kier molecular flexibility index (Phi) is 9.01. The van der Waals surface area contributed by atoms with Crippen molar-refractivity contribution in [2.45, 2.75) is 57.2 Å². The van der Waals surface area contributed by atoms with Crippen molar-refractivity contribution < 1.29 is 19.1 Å². The summed E-state index contributed by atoms with van der Waals surface area (Å²) >= 11 is 1.54. The zero-order chi connectivity index (χ0) is 25.3. The van der Waals surface area contributed by atoms with Crippen LogP contribution >= 0.6 is 11.3 Å². The number of hydrogen-bond donors (Lipinski definition) is 1. The fourth-order valence-electron chi connectivity index (χ4n) is 4.87. The van der Waals surface area contributed by atoms with Crippen LogP contribution in [0.1, 0.15) is 54.1 Å². The number of carbonyl (C=O) groups excluding carboxylic acids is 2. The Balaban J connectivity index is 1.77. The minimum atomic E-state index is -0.871. The lowest BCUT2D eigenvalue weighted by molar-refractivity contribution is -0.141. The van der Waals surface area contributed by atoms with Gasteiger partial charge >= 0.3 is 0 Å². The van der Waals surface area contributed by atoms with Gasteiger partial charge in [0.2, 0.25) is 11.8 Å². The van der Waals surface area contributed by atoms with Crippen LogP contribution in [0, 0.1) is 0 Å². The predicted octanol–water partition coefficient (Wildman–Crippen LogP) is 5.53. The molecule has 0 unspecified atom stereocenters. The number of thiophene rings is 1. The molecule has 2 aromatic carbocycles. The van der Waals surface area contributed by atoms with Gasteiger partial charge < -0.3 is 19.7 Å². The maximum atomic E-state index is 14.0. The van der Waals surface area contributed by atoms with Crippen molar-refractivity contribution >= 4 is 23.2 Å². The lowest BCUT2D eigenvalue weighted by Gasteiger charge is -2.34. The molecule has 36 heavy (non-hydrogen) atoms. The quantitative estimate of drug-likeness (QED) is 0.393. The second-order valence-electron chi connectivity index (χ2n) is 9.09. The van der Waals surface area contributed by atoms with Crippen molar-refractivity contribution in [3.8, 4) is 11.5 Å². The van der Waals surface area contributed by atoms with Gasteiger partial charge in [0.25, 0.3) is 0 Å². The van der Waals surface area contributed by atoms with Crippen LogP contribution in [-0.2, 0) is 22.6 Å². The Morgan fingerprint density at radius 1 is 0.972 bits per heavy atom. The fraction of sp³-hybridized carbons (Fsp3) is 0.379. The molecule has 1 heterocycles. The summed E-state index contributed by atoms with van der Waals surface area (Å²) in [6.45, 7) is 0.300. The van der Waals surface area contributed by atoms with Crippen molar-refractivity contribution in [3.05, 3.63) is 82.0 Å². The first-order chi connectivity index (χ1) is 17.6. The molecule has 3 aromatic rings. The summed E-state index contributed by atoms with van der Waals surface area (Å²) in [5.74, 6) is 0.681. The van der Waals surface area contributed by atoms with Crippen molar-refractivity contribution in [1.29, 1.82) is 0 Å². The van der Waals surface area contributed by atoms with E-state index in [1.165, 1.54) is 6.42 Å². The fourth-order valence-corrected chi connectivity index (χ4v) is 5.57. The Hall–Kier alpha value is -3.32. The van der Waals surface area contributed by atoms with Crippen LogP contribution in [0.15, 0.2) is 66.0 Å². The second kappa shape index (κ2) is 12.6. The largest absolute Gasteiger partial charge is 0.493 e. The molecule has 1 saturated carbocycles. The number of hydrogen-bond acceptors (Lipinski definition) is 5. The van der Waals surface area contributed by atoms with Gasteiger partial charge in [-0.15, -0.1) is 11.3 Å². The Morgan fingerprint density at radius 2 is 1.75 bits per heavy atom. The number of para-hydroxylation sites is 1. The SMILES string of the molecule is COc1cccc([C@@H](C(=O)NC2CCCCC2)N(Cc2ccccc2)C(=O)Cc2cccs2)c1OC. The van der Waals surface area contributed by atoms with E-state index in [9.17, 15) is 9.59 Å². The zero-order valence-corrected chi connectivity index (χ0v) is 21.8. The molecule has 7 heteroatoms. The number of carbonyl (C=O) groups is 2. The molecule has 1 aromatic heterocycles. The second-order valence-corrected chi connectivity index (χ2v) is 10.1. The van der Waals surface area contributed by atoms with Gasteiger partial charge in [0.1, 0.15) is 6.04 Å². The summed E-state index contributed by atoms with van der Waals surface area (Å²) in [6, 6.07) is 18.4. The van der Waals surface area contributed by atoms with Crippen molar-refractivity contribution in [3.63, 3.8) is 0 Å². The summed E-state index contributed by atoms with van der Waals surface area (Å²) in [6.07, 6.45) is 5.53. The van der Waals surface area contributed by atoms with Crippen LogP contribution in [0.3, 0.4) is 0 Å². The number of nitrogens with one attached hydrogen (secondary N) is 1. The lowest BCUT2D eigenvalue weighted by atomic mass is 9.94. The van der Waals surface area contributed by atoms with Gasteiger partial charge in [-0.3, -0.25) is 9.59 Å².